The minimum absolute atomic E-state index is 0.533. The van der Waals surface area contributed by atoms with Gasteiger partial charge in [-0.2, -0.15) is 0 Å². The smallest absolute Gasteiger partial charge is 0.161 e. The standard InChI is InChI=1S/C16H18BrNO2/c1-18(17)11-14-8-9-15(19-2)16(10-14)20-12-13-6-4-3-5-7-13/h3-10H,11-12H2,1-2H3. The van der Waals surface area contributed by atoms with Crippen LogP contribution in [0.25, 0.3) is 0 Å². The second-order valence-corrected chi connectivity index (χ2v) is 5.73. The van der Waals surface area contributed by atoms with Crippen LogP contribution in [-0.2, 0) is 13.2 Å². The van der Waals surface area contributed by atoms with Crippen molar-refractivity contribution < 1.29 is 9.47 Å². The van der Waals surface area contributed by atoms with Crippen molar-refractivity contribution >= 4 is 16.1 Å². The molecule has 0 amide bonds. The van der Waals surface area contributed by atoms with Gasteiger partial charge in [0.15, 0.2) is 11.5 Å². The van der Waals surface area contributed by atoms with Crippen LogP contribution < -0.4 is 9.47 Å². The van der Waals surface area contributed by atoms with E-state index in [0.29, 0.717) is 6.61 Å². The summed E-state index contributed by atoms with van der Waals surface area (Å²) >= 11 is 3.41. The van der Waals surface area contributed by atoms with E-state index >= 15 is 0 Å². The Labute approximate surface area is 128 Å². The van der Waals surface area contributed by atoms with E-state index in [4.69, 9.17) is 9.47 Å². The summed E-state index contributed by atoms with van der Waals surface area (Å²) < 4.78 is 13.2. The van der Waals surface area contributed by atoms with E-state index in [1.807, 2.05) is 59.5 Å². The summed E-state index contributed by atoms with van der Waals surface area (Å²) in [5.74, 6) is 1.52. The Balaban J connectivity index is 2.12. The minimum atomic E-state index is 0.533. The number of hydrogen-bond acceptors (Lipinski definition) is 3. The highest BCUT2D eigenvalue weighted by Crippen LogP contribution is 2.29. The van der Waals surface area contributed by atoms with Gasteiger partial charge in [0.25, 0.3) is 0 Å². The number of nitrogens with zero attached hydrogens (tertiary/aromatic N) is 1. The summed E-state index contributed by atoms with van der Waals surface area (Å²) in [4.78, 5) is 0. The molecule has 2 aromatic carbocycles. The van der Waals surface area contributed by atoms with Crippen LogP contribution in [0.1, 0.15) is 11.1 Å². The van der Waals surface area contributed by atoms with Gasteiger partial charge < -0.3 is 9.47 Å². The van der Waals surface area contributed by atoms with Gasteiger partial charge in [-0.05, 0) is 30.3 Å². The molecule has 0 heterocycles. The zero-order valence-corrected chi connectivity index (χ0v) is 13.3. The quantitative estimate of drug-likeness (QED) is 0.744. The van der Waals surface area contributed by atoms with Crippen molar-refractivity contribution in [1.29, 1.82) is 0 Å². The fourth-order valence-corrected chi connectivity index (χ4v) is 2.21. The van der Waals surface area contributed by atoms with Gasteiger partial charge in [-0.3, -0.25) is 0 Å². The maximum Gasteiger partial charge on any atom is 0.161 e. The van der Waals surface area contributed by atoms with Crippen LogP contribution in [0.3, 0.4) is 0 Å². The number of halogens is 1. The second-order valence-electron chi connectivity index (χ2n) is 4.52. The molecular formula is C16H18BrNO2. The van der Waals surface area contributed by atoms with Gasteiger partial charge >= 0.3 is 0 Å². The molecule has 0 N–H and O–H groups in total. The Hall–Kier alpha value is -1.52. The second kappa shape index (κ2) is 7.31. The number of ether oxygens (including phenoxy) is 2. The van der Waals surface area contributed by atoms with Crippen LogP contribution >= 0.6 is 16.1 Å². The lowest BCUT2D eigenvalue weighted by atomic mass is 10.2. The molecular weight excluding hydrogens is 318 g/mol. The van der Waals surface area contributed by atoms with E-state index in [2.05, 4.69) is 16.1 Å². The predicted octanol–water partition coefficient (Wildman–Crippen LogP) is 4.02. The van der Waals surface area contributed by atoms with Crippen molar-refractivity contribution in [2.75, 3.05) is 14.2 Å². The Morgan fingerprint density at radius 3 is 2.40 bits per heavy atom. The van der Waals surface area contributed by atoms with Crippen molar-refractivity contribution in [2.45, 2.75) is 13.2 Å². The van der Waals surface area contributed by atoms with E-state index in [1.54, 1.807) is 7.11 Å². The van der Waals surface area contributed by atoms with E-state index in [-0.39, 0.29) is 0 Å². The van der Waals surface area contributed by atoms with Crippen LogP contribution in [0.2, 0.25) is 0 Å². The largest absolute Gasteiger partial charge is 0.493 e. The third kappa shape index (κ3) is 4.25. The lowest BCUT2D eigenvalue weighted by Gasteiger charge is -2.14. The summed E-state index contributed by atoms with van der Waals surface area (Å²) in [6.07, 6.45) is 0. The maximum atomic E-state index is 5.88. The third-order valence-corrected chi connectivity index (χ3v) is 3.12. The van der Waals surface area contributed by atoms with E-state index in [0.717, 1.165) is 29.2 Å². The molecule has 0 fully saturated rings. The number of rotatable bonds is 6. The molecule has 0 aromatic heterocycles. The van der Waals surface area contributed by atoms with Crippen molar-refractivity contribution in [3.63, 3.8) is 0 Å². The Morgan fingerprint density at radius 2 is 1.75 bits per heavy atom. The summed E-state index contributed by atoms with van der Waals surface area (Å²) in [6, 6.07) is 16.1. The average Bonchev–Trinajstić information content (AvgIpc) is 2.46. The number of hydrogen-bond donors (Lipinski definition) is 0. The molecule has 0 aliphatic carbocycles. The molecule has 0 saturated heterocycles. The van der Waals surface area contributed by atoms with Crippen LogP contribution in [0.15, 0.2) is 48.5 Å². The monoisotopic (exact) mass is 335 g/mol. The molecule has 0 spiro atoms. The summed E-state index contributed by atoms with van der Waals surface area (Å²) in [7, 11) is 3.62. The zero-order valence-electron chi connectivity index (χ0n) is 11.7. The van der Waals surface area contributed by atoms with Gasteiger partial charge in [0.2, 0.25) is 0 Å². The molecule has 0 bridgehead atoms. The molecule has 2 rings (SSSR count). The van der Waals surface area contributed by atoms with Crippen molar-refractivity contribution in [3.8, 4) is 11.5 Å². The topological polar surface area (TPSA) is 21.7 Å². The predicted molar refractivity (Wildman–Crippen MR) is 84.2 cm³/mol. The first-order valence-corrected chi connectivity index (χ1v) is 7.10. The Kier molecular flexibility index (Phi) is 5.44. The Morgan fingerprint density at radius 1 is 1.00 bits per heavy atom. The number of methoxy groups -OCH3 is 1. The van der Waals surface area contributed by atoms with Gasteiger partial charge in [-0.15, -0.1) is 0 Å². The average molecular weight is 336 g/mol. The van der Waals surface area contributed by atoms with Crippen LogP contribution in [0.5, 0.6) is 11.5 Å². The fraction of sp³-hybridized carbons (Fsp3) is 0.250. The molecule has 0 aliphatic rings. The molecule has 0 saturated carbocycles. The summed E-state index contributed by atoms with van der Waals surface area (Å²) in [6.45, 7) is 1.33. The van der Waals surface area contributed by atoms with Crippen LogP contribution in [0, 0.1) is 0 Å². The van der Waals surface area contributed by atoms with Gasteiger partial charge in [0.05, 0.1) is 7.11 Å². The summed E-state index contributed by atoms with van der Waals surface area (Å²) in [5, 5.41) is 0. The SMILES string of the molecule is COc1ccc(CN(C)Br)cc1OCc1ccccc1. The fourth-order valence-electron chi connectivity index (χ4n) is 1.92. The maximum absolute atomic E-state index is 5.88. The molecule has 3 nitrogen and oxygen atoms in total. The van der Waals surface area contributed by atoms with Gasteiger partial charge in [-0.25, -0.2) is 3.93 Å². The first-order valence-electron chi connectivity index (χ1n) is 6.39. The van der Waals surface area contributed by atoms with Gasteiger partial charge in [0, 0.05) is 22.7 Å². The van der Waals surface area contributed by atoms with E-state index < -0.39 is 0 Å². The van der Waals surface area contributed by atoms with Crippen LogP contribution in [-0.4, -0.2) is 18.1 Å². The van der Waals surface area contributed by atoms with Crippen molar-refractivity contribution in [3.05, 3.63) is 59.7 Å². The normalized spacial score (nSPS) is 10.6. The molecule has 0 unspecified atom stereocenters. The van der Waals surface area contributed by atoms with E-state index in [9.17, 15) is 0 Å². The molecule has 106 valence electrons. The molecule has 4 heteroatoms. The lowest BCUT2D eigenvalue weighted by molar-refractivity contribution is 0.284. The van der Waals surface area contributed by atoms with Gasteiger partial charge in [0.1, 0.15) is 6.61 Å². The lowest BCUT2D eigenvalue weighted by Crippen LogP contribution is -2.04. The number of benzene rings is 2. The molecule has 0 atom stereocenters. The highest BCUT2D eigenvalue weighted by Gasteiger charge is 2.07. The third-order valence-electron chi connectivity index (χ3n) is 2.87. The minimum Gasteiger partial charge on any atom is -0.493 e. The molecule has 0 aliphatic heterocycles. The molecule has 0 radical (unpaired) electrons. The Bertz CT molecular complexity index is 543. The highest BCUT2D eigenvalue weighted by molar-refractivity contribution is 9.07. The van der Waals surface area contributed by atoms with Crippen molar-refractivity contribution in [2.24, 2.45) is 0 Å². The summed E-state index contributed by atoms with van der Waals surface area (Å²) in [5.41, 5.74) is 2.30. The molecule has 2 aromatic rings. The van der Waals surface area contributed by atoms with Crippen molar-refractivity contribution in [1.82, 2.24) is 3.93 Å². The van der Waals surface area contributed by atoms with E-state index in [1.165, 1.54) is 0 Å². The van der Waals surface area contributed by atoms with Gasteiger partial charge in [-0.1, -0.05) is 36.4 Å². The molecule has 20 heavy (non-hydrogen) atoms. The first kappa shape index (κ1) is 14.9. The first-order chi connectivity index (χ1) is 9.69. The zero-order chi connectivity index (χ0) is 14.4. The highest BCUT2D eigenvalue weighted by atomic mass is 79.9. The van der Waals surface area contributed by atoms with Crippen LogP contribution in [0.4, 0.5) is 0 Å².